The maximum Gasteiger partial charge on any atom is 0.254 e. The van der Waals surface area contributed by atoms with Crippen LogP contribution < -0.4 is 0 Å². The summed E-state index contributed by atoms with van der Waals surface area (Å²) >= 11 is 0. The molecule has 30 heavy (non-hydrogen) atoms. The highest BCUT2D eigenvalue weighted by atomic mass is 16.2. The molecule has 0 atom stereocenters. The highest BCUT2D eigenvalue weighted by Gasteiger charge is 2.46. The van der Waals surface area contributed by atoms with Crippen LogP contribution in [0.5, 0.6) is 0 Å². The predicted octanol–water partition coefficient (Wildman–Crippen LogP) is 4.49. The Bertz CT molecular complexity index is 985. The second-order valence-electron chi connectivity index (χ2n) is 8.74. The molecule has 0 saturated carbocycles. The second-order valence-corrected chi connectivity index (χ2v) is 8.74. The van der Waals surface area contributed by atoms with Gasteiger partial charge in [0, 0.05) is 43.0 Å². The van der Waals surface area contributed by atoms with Crippen LogP contribution in [0.3, 0.4) is 0 Å². The number of pyridine rings is 1. The molecule has 1 spiro atoms. The minimum absolute atomic E-state index is 0.143. The zero-order chi connectivity index (χ0) is 20.4. The molecule has 2 aliphatic heterocycles. The van der Waals surface area contributed by atoms with E-state index in [9.17, 15) is 4.79 Å². The molecule has 2 aromatic carbocycles. The van der Waals surface area contributed by atoms with Gasteiger partial charge < -0.3 is 4.90 Å². The lowest BCUT2D eigenvalue weighted by Gasteiger charge is -2.54. The van der Waals surface area contributed by atoms with Crippen LogP contribution in [0.4, 0.5) is 0 Å². The fraction of sp³-hybridized carbons (Fsp3) is 0.308. The maximum absolute atomic E-state index is 12.6. The Morgan fingerprint density at radius 2 is 1.47 bits per heavy atom. The van der Waals surface area contributed by atoms with Gasteiger partial charge in [0.05, 0.1) is 0 Å². The molecule has 152 valence electrons. The van der Waals surface area contributed by atoms with Gasteiger partial charge in [-0.1, -0.05) is 54.6 Å². The summed E-state index contributed by atoms with van der Waals surface area (Å²) < 4.78 is 0. The summed E-state index contributed by atoms with van der Waals surface area (Å²) in [6.07, 6.45) is 5.73. The Labute approximate surface area is 178 Å². The van der Waals surface area contributed by atoms with Crippen molar-refractivity contribution in [2.24, 2.45) is 5.41 Å². The van der Waals surface area contributed by atoms with Gasteiger partial charge in [-0.25, -0.2) is 0 Å². The Morgan fingerprint density at radius 3 is 2.13 bits per heavy atom. The van der Waals surface area contributed by atoms with Crippen molar-refractivity contribution >= 4 is 5.91 Å². The normalized spacial score (nSPS) is 18.2. The van der Waals surface area contributed by atoms with Gasteiger partial charge >= 0.3 is 0 Å². The fourth-order valence-corrected chi connectivity index (χ4v) is 4.78. The van der Waals surface area contributed by atoms with Crippen LogP contribution in [0.15, 0.2) is 79.1 Å². The molecule has 0 bridgehead atoms. The fourth-order valence-electron chi connectivity index (χ4n) is 4.78. The lowest BCUT2D eigenvalue weighted by Crippen LogP contribution is -2.61. The third-order valence-electron chi connectivity index (χ3n) is 6.65. The highest BCUT2D eigenvalue weighted by molar-refractivity contribution is 5.94. The molecular weight excluding hydrogens is 370 g/mol. The van der Waals surface area contributed by atoms with Crippen molar-refractivity contribution in [3.63, 3.8) is 0 Å². The molecule has 4 nitrogen and oxygen atoms in total. The first-order valence-corrected chi connectivity index (χ1v) is 10.8. The zero-order valence-corrected chi connectivity index (χ0v) is 17.2. The van der Waals surface area contributed by atoms with E-state index in [-0.39, 0.29) is 5.91 Å². The third-order valence-corrected chi connectivity index (χ3v) is 6.65. The summed E-state index contributed by atoms with van der Waals surface area (Å²) in [5.41, 5.74) is 4.98. The topological polar surface area (TPSA) is 36.4 Å². The van der Waals surface area contributed by atoms with Gasteiger partial charge in [-0.05, 0) is 54.8 Å². The van der Waals surface area contributed by atoms with Crippen LogP contribution in [-0.4, -0.2) is 46.9 Å². The van der Waals surface area contributed by atoms with E-state index in [1.807, 2.05) is 4.90 Å². The minimum Gasteiger partial charge on any atom is -0.337 e. The molecule has 2 aliphatic rings. The summed E-state index contributed by atoms with van der Waals surface area (Å²) in [6.45, 7) is 5.02. The number of hydrogen-bond donors (Lipinski definition) is 0. The molecule has 1 amide bonds. The molecule has 0 unspecified atom stereocenters. The van der Waals surface area contributed by atoms with Gasteiger partial charge in [0.25, 0.3) is 5.91 Å². The maximum atomic E-state index is 12.6. The van der Waals surface area contributed by atoms with Crippen molar-refractivity contribution in [3.05, 3.63) is 90.3 Å². The highest BCUT2D eigenvalue weighted by Crippen LogP contribution is 2.41. The van der Waals surface area contributed by atoms with Gasteiger partial charge in [-0.15, -0.1) is 0 Å². The van der Waals surface area contributed by atoms with E-state index >= 15 is 0 Å². The zero-order valence-electron chi connectivity index (χ0n) is 17.2. The van der Waals surface area contributed by atoms with Crippen LogP contribution in [-0.2, 0) is 6.54 Å². The molecule has 0 aliphatic carbocycles. The number of hydrogen-bond acceptors (Lipinski definition) is 3. The van der Waals surface area contributed by atoms with Crippen LogP contribution >= 0.6 is 0 Å². The Balaban J connectivity index is 1.12. The molecule has 2 saturated heterocycles. The summed E-state index contributed by atoms with van der Waals surface area (Å²) in [5.74, 6) is 0.143. The quantitative estimate of drug-likeness (QED) is 0.651. The largest absolute Gasteiger partial charge is 0.337 e. The minimum atomic E-state index is 0.143. The molecule has 5 rings (SSSR count). The number of amides is 1. The van der Waals surface area contributed by atoms with Crippen molar-refractivity contribution in [2.45, 2.75) is 19.4 Å². The summed E-state index contributed by atoms with van der Waals surface area (Å²) in [5, 5.41) is 0. The van der Waals surface area contributed by atoms with Gasteiger partial charge in [-0.3, -0.25) is 14.7 Å². The molecule has 4 heteroatoms. The van der Waals surface area contributed by atoms with Gasteiger partial charge in [0.15, 0.2) is 0 Å². The molecule has 0 N–H and O–H groups in total. The Morgan fingerprint density at radius 1 is 0.833 bits per heavy atom. The third kappa shape index (κ3) is 3.88. The van der Waals surface area contributed by atoms with Gasteiger partial charge in [0.2, 0.25) is 0 Å². The molecule has 1 aromatic heterocycles. The lowest BCUT2D eigenvalue weighted by atomic mass is 9.71. The first kappa shape index (κ1) is 19.0. The molecule has 3 heterocycles. The van der Waals surface area contributed by atoms with Gasteiger partial charge in [0.1, 0.15) is 0 Å². The van der Waals surface area contributed by atoms with Crippen LogP contribution in [0, 0.1) is 5.41 Å². The molecule has 2 fully saturated rings. The lowest BCUT2D eigenvalue weighted by molar-refractivity contribution is -0.0336. The number of rotatable bonds is 4. The predicted molar refractivity (Wildman–Crippen MR) is 119 cm³/mol. The standard InChI is InChI=1S/C26H27N3O/c30-25(24-10-14-27-15-11-24)29-19-26(20-29)12-16-28(17-13-26)18-21-6-8-23(9-7-21)22-4-2-1-3-5-22/h1-11,14-15H,12-13,16-20H2. The number of nitrogens with zero attached hydrogens (tertiary/aromatic N) is 3. The number of benzene rings is 2. The summed E-state index contributed by atoms with van der Waals surface area (Å²) in [4.78, 5) is 21.1. The number of likely N-dealkylation sites (tertiary alicyclic amines) is 2. The Hall–Kier alpha value is -2.98. The number of carbonyl (C=O) groups is 1. The van der Waals surface area contributed by atoms with E-state index in [4.69, 9.17) is 0 Å². The van der Waals surface area contributed by atoms with Crippen molar-refractivity contribution in [2.75, 3.05) is 26.2 Å². The summed E-state index contributed by atoms with van der Waals surface area (Å²) in [7, 11) is 0. The van der Waals surface area contributed by atoms with E-state index in [0.29, 0.717) is 5.41 Å². The average Bonchev–Trinajstić information content (AvgIpc) is 2.79. The monoisotopic (exact) mass is 397 g/mol. The van der Waals surface area contributed by atoms with E-state index in [1.165, 1.54) is 29.5 Å². The number of carbonyl (C=O) groups excluding carboxylic acids is 1. The van der Waals surface area contributed by atoms with Crippen molar-refractivity contribution in [3.8, 4) is 11.1 Å². The van der Waals surface area contributed by atoms with Crippen molar-refractivity contribution < 1.29 is 4.79 Å². The second kappa shape index (κ2) is 8.04. The SMILES string of the molecule is O=C(c1ccncc1)N1CC2(CCN(Cc3ccc(-c4ccccc4)cc3)CC2)C1. The van der Waals surface area contributed by atoms with Crippen LogP contribution in [0.25, 0.3) is 11.1 Å². The van der Waals surface area contributed by atoms with Crippen molar-refractivity contribution in [1.82, 2.24) is 14.8 Å². The van der Waals surface area contributed by atoms with E-state index < -0.39 is 0 Å². The van der Waals surface area contributed by atoms with Crippen molar-refractivity contribution in [1.29, 1.82) is 0 Å². The first-order chi connectivity index (χ1) is 14.7. The average molecular weight is 398 g/mol. The van der Waals surface area contributed by atoms with Crippen LogP contribution in [0.2, 0.25) is 0 Å². The number of aromatic nitrogens is 1. The van der Waals surface area contributed by atoms with E-state index in [0.717, 1.165) is 38.3 Å². The summed E-state index contributed by atoms with van der Waals surface area (Å²) in [6, 6.07) is 23.1. The van der Waals surface area contributed by atoms with E-state index in [1.54, 1.807) is 24.5 Å². The number of piperidine rings is 1. The Kier molecular flexibility index (Phi) is 5.09. The van der Waals surface area contributed by atoms with Crippen LogP contribution in [0.1, 0.15) is 28.8 Å². The first-order valence-electron chi connectivity index (χ1n) is 10.8. The molecule has 0 radical (unpaired) electrons. The van der Waals surface area contributed by atoms with Gasteiger partial charge in [-0.2, -0.15) is 0 Å². The molecule has 3 aromatic rings. The smallest absolute Gasteiger partial charge is 0.254 e. The molecular formula is C26H27N3O. The van der Waals surface area contributed by atoms with E-state index in [2.05, 4.69) is 64.5 Å².